The Hall–Kier alpha value is -3.31. The average Bonchev–Trinajstić information content (AvgIpc) is 2.96. The van der Waals surface area contributed by atoms with Crippen molar-refractivity contribution in [2.45, 2.75) is 12.1 Å². The molecule has 4 rings (SSSR count). The molecule has 3 atom stereocenters. The van der Waals surface area contributed by atoms with E-state index < -0.39 is 12.0 Å². The van der Waals surface area contributed by atoms with Crippen LogP contribution in [0, 0.1) is 28.6 Å². The Kier molecular flexibility index (Phi) is 2.99. The van der Waals surface area contributed by atoms with Gasteiger partial charge in [0.2, 0.25) is 0 Å². The highest BCUT2D eigenvalue weighted by molar-refractivity contribution is 5.60. The van der Waals surface area contributed by atoms with Crippen LogP contribution >= 0.6 is 0 Å². The Bertz CT molecular complexity index is 832. The molecular weight excluding hydrogens is 286 g/mol. The zero-order valence-electron chi connectivity index (χ0n) is 12.2. The molecule has 5 heteroatoms. The van der Waals surface area contributed by atoms with E-state index in [0.717, 1.165) is 11.1 Å². The summed E-state index contributed by atoms with van der Waals surface area (Å²) in [5, 5.41) is 23.2. The first-order valence-electron chi connectivity index (χ1n) is 7.40. The van der Waals surface area contributed by atoms with E-state index in [2.05, 4.69) is 17.1 Å². The van der Waals surface area contributed by atoms with Gasteiger partial charge >= 0.3 is 0 Å². The summed E-state index contributed by atoms with van der Waals surface area (Å²) < 4.78 is 0. The summed E-state index contributed by atoms with van der Waals surface area (Å²) in [4.78, 5) is 4.36. The molecule has 0 amide bonds. The molecule has 0 aliphatic carbocycles. The van der Waals surface area contributed by atoms with Gasteiger partial charge in [-0.2, -0.15) is 10.5 Å². The molecule has 0 saturated carbocycles. The summed E-state index contributed by atoms with van der Waals surface area (Å²) >= 11 is 0. The maximum atomic E-state index is 9.70. The molecule has 3 heterocycles. The second kappa shape index (κ2) is 5.15. The molecule has 1 fully saturated rings. The third-order valence-corrected chi connectivity index (χ3v) is 4.36. The highest BCUT2D eigenvalue weighted by atomic mass is 15.7. The van der Waals surface area contributed by atoms with Crippen molar-refractivity contribution in [1.29, 1.82) is 10.5 Å². The normalized spacial score (nSPS) is 24.5. The fourth-order valence-corrected chi connectivity index (χ4v) is 3.38. The quantitative estimate of drug-likeness (QED) is 0.810. The summed E-state index contributed by atoms with van der Waals surface area (Å²) in [6, 6.07) is 17.5. The first-order chi connectivity index (χ1) is 11.3. The van der Waals surface area contributed by atoms with Gasteiger partial charge in [0.1, 0.15) is 11.7 Å². The lowest BCUT2D eigenvalue weighted by molar-refractivity contribution is 0.309. The smallest absolute Gasteiger partial charge is 0.157 e. The molecule has 1 aromatic carbocycles. The number of nitriles is 2. The summed E-state index contributed by atoms with van der Waals surface area (Å²) in [6.45, 7) is 0. The fraction of sp³-hybridized carbons (Fsp3) is 0.167. The third-order valence-electron chi connectivity index (χ3n) is 4.36. The molecule has 5 nitrogen and oxygen atoms in total. The predicted octanol–water partition coefficient (Wildman–Crippen LogP) is 2.88. The van der Waals surface area contributed by atoms with E-state index in [1.54, 1.807) is 6.20 Å². The maximum Gasteiger partial charge on any atom is 0.157 e. The highest BCUT2D eigenvalue weighted by Crippen LogP contribution is 2.46. The van der Waals surface area contributed by atoms with Crippen LogP contribution in [0.1, 0.15) is 17.2 Å². The molecule has 2 aliphatic heterocycles. The third kappa shape index (κ3) is 1.88. The van der Waals surface area contributed by atoms with E-state index in [0.29, 0.717) is 5.82 Å². The summed E-state index contributed by atoms with van der Waals surface area (Å²) in [7, 11) is 0. The number of hydrogen-bond acceptors (Lipinski definition) is 5. The molecule has 1 aromatic heterocycles. The van der Waals surface area contributed by atoms with Gasteiger partial charge in [0.15, 0.2) is 6.04 Å². The first-order valence-corrected chi connectivity index (χ1v) is 7.40. The second-order valence-corrected chi connectivity index (χ2v) is 5.53. The van der Waals surface area contributed by atoms with Crippen LogP contribution in [-0.4, -0.2) is 16.0 Å². The van der Waals surface area contributed by atoms with Crippen molar-refractivity contribution in [3.05, 3.63) is 66.0 Å². The summed E-state index contributed by atoms with van der Waals surface area (Å²) in [6.07, 6.45) is 5.64. The number of rotatable bonds is 1. The fourth-order valence-electron chi connectivity index (χ4n) is 3.38. The van der Waals surface area contributed by atoms with Crippen LogP contribution in [-0.2, 0) is 0 Å². The maximum absolute atomic E-state index is 9.70. The van der Waals surface area contributed by atoms with Gasteiger partial charge in [-0.05, 0) is 29.3 Å². The number of hydrazine groups is 1. The Balaban J connectivity index is 1.88. The number of benzene rings is 1. The molecule has 0 radical (unpaired) electrons. The van der Waals surface area contributed by atoms with E-state index in [1.807, 2.05) is 64.8 Å². The van der Waals surface area contributed by atoms with Gasteiger partial charge in [0, 0.05) is 12.4 Å². The standard InChI is InChI=1S/C18H13N5/c19-11-15-16(12-20)23(17-7-3-4-9-21-17)22-10-8-13-5-1-2-6-14(13)18(15)22/h1-10,15-16,18H/t15-,16-,18+/m0/s1. The number of anilines is 1. The van der Waals surface area contributed by atoms with E-state index >= 15 is 0 Å². The molecule has 1 saturated heterocycles. The summed E-state index contributed by atoms with van der Waals surface area (Å²) in [5.74, 6) is 0.221. The number of pyridine rings is 1. The van der Waals surface area contributed by atoms with Crippen LogP contribution in [0.3, 0.4) is 0 Å². The molecule has 2 aliphatic rings. The Labute approximate surface area is 134 Å². The number of hydrogen-bond donors (Lipinski definition) is 0. The molecule has 2 aromatic rings. The second-order valence-electron chi connectivity index (χ2n) is 5.53. The van der Waals surface area contributed by atoms with E-state index in [-0.39, 0.29) is 6.04 Å². The van der Waals surface area contributed by atoms with Crippen LogP contribution in [0.2, 0.25) is 0 Å². The van der Waals surface area contributed by atoms with Crippen molar-refractivity contribution in [2.24, 2.45) is 5.92 Å². The van der Waals surface area contributed by atoms with Crippen LogP contribution in [0.15, 0.2) is 54.9 Å². The van der Waals surface area contributed by atoms with Gasteiger partial charge in [0.25, 0.3) is 0 Å². The van der Waals surface area contributed by atoms with Gasteiger partial charge < -0.3 is 0 Å². The van der Waals surface area contributed by atoms with Gasteiger partial charge in [0.05, 0.1) is 18.2 Å². The van der Waals surface area contributed by atoms with E-state index in [9.17, 15) is 10.5 Å². The zero-order valence-corrected chi connectivity index (χ0v) is 12.2. The minimum absolute atomic E-state index is 0.173. The van der Waals surface area contributed by atoms with Gasteiger partial charge in [-0.15, -0.1) is 0 Å². The van der Waals surface area contributed by atoms with Crippen molar-refractivity contribution in [3.63, 3.8) is 0 Å². The summed E-state index contributed by atoms with van der Waals surface area (Å²) in [5.41, 5.74) is 2.16. The minimum Gasteiger partial charge on any atom is -0.281 e. The molecule has 0 spiro atoms. The number of nitrogens with zero attached hydrogens (tertiary/aromatic N) is 5. The van der Waals surface area contributed by atoms with Crippen LogP contribution in [0.25, 0.3) is 6.08 Å². The molecule has 110 valence electrons. The van der Waals surface area contributed by atoms with Crippen molar-refractivity contribution < 1.29 is 0 Å². The number of aromatic nitrogens is 1. The van der Waals surface area contributed by atoms with Crippen LogP contribution in [0.4, 0.5) is 5.82 Å². The lowest BCUT2D eigenvalue weighted by atomic mass is 9.87. The van der Waals surface area contributed by atoms with E-state index in [4.69, 9.17) is 0 Å². The van der Waals surface area contributed by atoms with Crippen LogP contribution < -0.4 is 5.01 Å². The van der Waals surface area contributed by atoms with Crippen molar-refractivity contribution in [3.8, 4) is 12.1 Å². The van der Waals surface area contributed by atoms with Gasteiger partial charge in [-0.1, -0.05) is 30.3 Å². The van der Waals surface area contributed by atoms with Crippen molar-refractivity contribution >= 4 is 11.9 Å². The molecule has 0 N–H and O–H groups in total. The number of fused-ring (bicyclic) bond motifs is 3. The SMILES string of the molecule is N#C[C@@H]1[C@H]2c3ccccc3C=CN2N(c2ccccn2)[C@H]1C#N. The van der Waals surface area contributed by atoms with E-state index in [1.165, 1.54) is 0 Å². The first kappa shape index (κ1) is 13.4. The molecular formula is C18H13N5. The lowest BCUT2D eigenvalue weighted by Gasteiger charge is -2.35. The molecule has 0 bridgehead atoms. The molecule has 23 heavy (non-hydrogen) atoms. The van der Waals surface area contributed by atoms with Gasteiger partial charge in [-0.25, -0.2) is 9.99 Å². The average molecular weight is 299 g/mol. The highest BCUT2D eigenvalue weighted by Gasteiger charge is 2.50. The Morgan fingerprint density at radius 3 is 2.57 bits per heavy atom. The zero-order chi connectivity index (χ0) is 15.8. The molecule has 0 unspecified atom stereocenters. The lowest BCUT2D eigenvalue weighted by Crippen LogP contribution is -2.39. The van der Waals surface area contributed by atoms with Gasteiger partial charge in [-0.3, -0.25) is 5.01 Å². The topological polar surface area (TPSA) is 67.0 Å². The predicted molar refractivity (Wildman–Crippen MR) is 85.3 cm³/mol. The largest absolute Gasteiger partial charge is 0.281 e. The van der Waals surface area contributed by atoms with Crippen molar-refractivity contribution in [1.82, 2.24) is 9.99 Å². The minimum atomic E-state index is -0.573. The van der Waals surface area contributed by atoms with Crippen molar-refractivity contribution in [2.75, 3.05) is 5.01 Å². The Morgan fingerprint density at radius 1 is 1.00 bits per heavy atom. The van der Waals surface area contributed by atoms with Crippen LogP contribution in [0.5, 0.6) is 0 Å². The monoisotopic (exact) mass is 299 g/mol. The Morgan fingerprint density at radius 2 is 1.83 bits per heavy atom.